The molecular weight excluding hydrogens is 593 g/mol. The summed E-state index contributed by atoms with van der Waals surface area (Å²) in [5.41, 5.74) is 11.6. The molecule has 49 heavy (non-hydrogen) atoms. The maximum absolute atomic E-state index is 6.67. The van der Waals surface area contributed by atoms with Gasteiger partial charge in [0.25, 0.3) is 0 Å². The van der Waals surface area contributed by atoms with Crippen LogP contribution in [0.2, 0.25) is 0 Å². The molecule has 228 valence electrons. The highest BCUT2D eigenvalue weighted by Crippen LogP contribution is 2.49. The number of rotatable bonds is 4. The smallest absolute Gasteiger partial charge is 0.143 e. The zero-order valence-corrected chi connectivity index (χ0v) is 26.7. The Balaban J connectivity index is 1.30. The van der Waals surface area contributed by atoms with Gasteiger partial charge in [0, 0.05) is 16.2 Å². The molecule has 0 aliphatic rings. The predicted octanol–water partition coefficient (Wildman–Crippen LogP) is 13.7. The molecule has 9 aromatic carbocycles. The zero-order valence-electron chi connectivity index (χ0n) is 26.7. The van der Waals surface area contributed by atoms with Crippen LogP contribution in [0.1, 0.15) is 0 Å². The van der Waals surface area contributed by atoms with E-state index in [2.05, 4.69) is 182 Å². The molecule has 0 saturated heterocycles. The maximum Gasteiger partial charge on any atom is 0.143 e. The van der Waals surface area contributed by atoms with Crippen LogP contribution in [-0.4, -0.2) is 0 Å². The molecule has 0 amide bonds. The van der Waals surface area contributed by atoms with Gasteiger partial charge in [0.2, 0.25) is 0 Å². The van der Waals surface area contributed by atoms with Gasteiger partial charge in [-0.05, 0) is 89.6 Å². The van der Waals surface area contributed by atoms with Crippen molar-refractivity contribution in [3.63, 3.8) is 0 Å². The number of fused-ring (bicyclic) bond motifs is 7. The normalized spacial score (nSPS) is 11.7. The highest BCUT2D eigenvalue weighted by atomic mass is 16.3. The number of hydrogen-bond acceptors (Lipinski definition) is 1. The fourth-order valence-corrected chi connectivity index (χ4v) is 7.91. The molecule has 0 spiro atoms. The Kier molecular flexibility index (Phi) is 6.25. The molecule has 0 bridgehead atoms. The Morgan fingerprint density at radius 3 is 1.41 bits per heavy atom. The Hall–Kier alpha value is -6.44. The molecule has 0 saturated carbocycles. The lowest BCUT2D eigenvalue weighted by atomic mass is 9.81. The second kappa shape index (κ2) is 11.1. The first-order chi connectivity index (χ1) is 24.3. The van der Waals surface area contributed by atoms with E-state index in [9.17, 15) is 0 Å². The first kappa shape index (κ1) is 27.7. The standard InChI is InChI=1S/C48H30O/c1-3-14-31(15-4-1)35-24-13-25-36(32-16-5-2-6-17-32)46(35)47-41-22-11-9-20-39(41)45(40-21-10-12-23-42(40)47)34-27-28-38-43-29-26-33-18-7-8-19-37(33)48(43)49-44(38)30-34/h1-30H. The molecule has 10 rings (SSSR count). The van der Waals surface area contributed by atoms with Crippen LogP contribution in [0.15, 0.2) is 186 Å². The summed E-state index contributed by atoms with van der Waals surface area (Å²) in [4.78, 5) is 0. The topological polar surface area (TPSA) is 13.1 Å². The summed E-state index contributed by atoms with van der Waals surface area (Å²) in [5.74, 6) is 0. The Bertz CT molecular complexity index is 2750. The SMILES string of the molecule is c1ccc(-c2cccc(-c3ccccc3)c2-c2c3ccccc3c(-c3ccc4c(c3)oc3c5ccccc5ccc43)c3ccccc23)cc1. The van der Waals surface area contributed by atoms with Gasteiger partial charge >= 0.3 is 0 Å². The van der Waals surface area contributed by atoms with Crippen molar-refractivity contribution in [3.8, 4) is 44.5 Å². The summed E-state index contributed by atoms with van der Waals surface area (Å²) in [6, 6.07) is 65.7. The van der Waals surface area contributed by atoms with Crippen LogP contribution in [0, 0.1) is 0 Å². The fraction of sp³-hybridized carbons (Fsp3) is 0. The highest BCUT2D eigenvalue weighted by molar-refractivity contribution is 6.24. The Morgan fingerprint density at radius 2 is 0.796 bits per heavy atom. The number of benzene rings is 9. The lowest BCUT2D eigenvalue weighted by molar-refractivity contribution is 0.673. The Labute approximate surface area is 284 Å². The summed E-state index contributed by atoms with van der Waals surface area (Å²) in [6.07, 6.45) is 0. The average molecular weight is 623 g/mol. The number of hydrogen-bond donors (Lipinski definition) is 0. The molecule has 0 aliphatic heterocycles. The largest absolute Gasteiger partial charge is 0.455 e. The minimum absolute atomic E-state index is 0.905. The fourth-order valence-electron chi connectivity index (χ4n) is 7.91. The lowest BCUT2D eigenvalue weighted by Gasteiger charge is -2.22. The molecule has 10 aromatic rings. The minimum atomic E-state index is 0.905. The van der Waals surface area contributed by atoms with E-state index in [4.69, 9.17) is 4.42 Å². The van der Waals surface area contributed by atoms with Crippen LogP contribution in [0.5, 0.6) is 0 Å². The van der Waals surface area contributed by atoms with Gasteiger partial charge < -0.3 is 4.42 Å². The second-order valence-corrected chi connectivity index (χ2v) is 12.8. The quantitative estimate of drug-likeness (QED) is 0.178. The molecule has 1 heterocycles. The van der Waals surface area contributed by atoms with Crippen molar-refractivity contribution in [2.45, 2.75) is 0 Å². The van der Waals surface area contributed by atoms with Gasteiger partial charge in [-0.15, -0.1) is 0 Å². The van der Waals surface area contributed by atoms with Crippen molar-refractivity contribution in [3.05, 3.63) is 182 Å². The van der Waals surface area contributed by atoms with Crippen LogP contribution in [-0.2, 0) is 0 Å². The van der Waals surface area contributed by atoms with Crippen molar-refractivity contribution < 1.29 is 4.42 Å². The van der Waals surface area contributed by atoms with Crippen molar-refractivity contribution in [2.75, 3.05) is 0 Å². The van der Waals surface area contributed by atoms with E-state index in [1.54, 1.807) is 0 Å². The second-order valence-electron chi connectivity index (χ2n) is 12.8. The molecule has 1 nitrogen and oxygen atoms in total. The molecule has 0 aliphatic carbocycles. The van der Waals surface area contributed by atoms with Gasteiger partial charge in [0.05, 0.1) is 0 Å². The lowest BCUT2D eigenvalue weighted by Crippen LogP contribution is -1.95. The summed E-state index contributed by atoms with van der Waals surface area (Å²) in [6.45, 7) is 0. The third-order valence-corrected chi connectivity index (χ3v) is 10.1. The first-order valence-corrected chi connectivity index (χ1v) is 16.9. The van der Waals surface area contributed by atoms with E-state index in [0.29, 0.717) is 0 Å². The predicted molar refractivity (Wildman–Crippen MR) is 208 cm³/mol. The van der Waals surface area contributed by atoms with Gasteiger partial charge in [-0.1, -0.05) is 164 Å². The van der Waals surface area contributed by atoms with Gasteiger partial charge in [0.1, 0.15) is 11.2 Å². The zero-order chi connectivity index (χ0) is 32.3. The van der Waals surface area contributed by atoms with Crippen molar-refractivity contribution in [1.29, 1.82) is 0 Å². The van der Waals surface area contributed by atoms with E-state index >= 15 is 0 Å². The third kappa shape index (κ3) is 4.33. The van der Waals surface area contributed by atoms with Crippen LogP contribution in [0.4, 0.5) is 0 Å². The van der Waals surface area contributed by atoms with Gasteiger partial charge in [-0.25, -0.2) is 0 Å². The number of furan rings is 1. The van der Waals surface area contributed by atoms with Gasteiger partial charge in [-0.3, -0.25) is 0 Å². The van der Waals surface area contributed by atoms with E-state index in [1.807, 2.05) is 0 Å². The van der Waals surface area contributed by atoms with Gasteiger partial charge in [-0.2, -0.15) is 0 Å². The van der Waals surface area contributed by atoms with E-state index in [-0.39, 0.29) is 0 Å². The monoisotopic (exact) mass is 622 g/mol. The van der Waals surface area contributed by atoms with E-state index in [1.165, 1.54) is 65.9 Å². The molecule has 0 radical (unpaired) electrons. The van der Waals surface area contributed by atoms with Crippen molar-refractivity contribution in [1.82, 2.24) is 0 Å². The first-order valence-electron chi connectivity index (χ1n) is 16.9. The van der Waals surface area contributed by atoms with Crippen LogP contribution in [0.25, 0.3) is 98.8 Å². The molecule has 0 fully saturated rings. The van der Waals surface area contributed by atoms with Crippen molar-refractivity contribution in [2.24, 2.45) is 0 Å². The van der Waals surface area contributed by atoms with Crippen LogP contribution < -0.4 is 0 Å². The minimum Gasteiger partial charge on any atom is -0.455 e. The van der Waals surface area contributed by atoms with Gasteiger partial charge in [0.15, 0.2) is 0 Å². The molecule has 0 unspecified atom stereocenters. The Morgan fingerprint density at radius 1 is 0.286 bits per heavy atom. The summed E-state index contributed by atoms with van der Waals surface area (Å²) in [7, 11) is 0. The highest BCUT2D eigenvalue weighted by Gasteiger charge is 2.22. The van der Waals surface area contributed by atoms with Crippen LogP contribution >= 0.6 is 0 Å². The molecule has 1 heteroatoms. The summed E-state index contributed by atoms with van der Waals surface area (Å²) < 4.78 is 6.67. The average Bonchev–Trinajstić information content (AvgIpc) is 3.56. The molecule has 0 atom stereocenters. The summed E-state index contributed by atoms with van der Waals surface area (Å²) >= 11 is 0. The van der Waals surface area contributed by atoms with E-state index < -0.39 is 0 Å². The molecule has 0 N–H and O–H groups in total. The third-order valence-electron chi connectivity index (χ3n) is 10.1. The maximum atomic E-state index is 6.67. The van der Waals surface area contributed by atoms with Crippen LogP contribution in [0.3, 0.4) is 0 Å². The van der Waals surface area contributed by atoms with E-state index in [0.717, 1.165) is 32.9 Å². The molecule has 1 aromatic heterocycles. The molecular formula is C48H30O. The van der Waals surface area contributed by atoms with Crippen molar-refractivity contribution >= 4 is 54.3 Å². The summed E-state index contributed by atoms with van der Waals surface area (Å²) in [5, 5.41) is 9.52.